The Bertz CT molecular complexity index is 692. The second-order valence-electron chi connectivity index (χ2n) is 6.24. The molecular weight excluding hydrogens is 334 g/mol. The number of likely N-dealkylation sites (tertiary alicyclic amines) is 1. The molecule has 1 aliphatic rings. The predicted octanol–water partition coefficient (Wildman–Crippen LogP) is 2.39. The van der Waals surface area contributed by atoms with Crippen LogP contribution in [-0.4, -0.2) is 36.3 Å². The molecule has 132 valence electrons. The summed E-state index contributed by atoms with van der Waals surface area (Å²) in [4.78, 5) is 26.7. The molecule has 6 heteroatoms. The molecule has 1 fully saturated rings. The van der Waals surface area contributed by atoms with E-state index in [0.717, 1.165) is 12.1 Å². The average molecular weight is 357 g/mol. The molecule has 1 aromatic heterocycles. The largest absolute Gasteiger partial charge is 0.350 e. The zero-order valence-corrected chi connectivity index (χ0v) is 15.0. The van der Waals surface area contributed by atoms with E-state index in [0.29, 0.717) is 11.4 Å². The molecule has 0 atom stereocenters. The van der Waals surface area contributed by atoms with Crippen LogP contribution in [0.1, 0.15) is 33.6 Å². The van der Waals surface area contributed by atoms with Crippen molar-refractivity contribution in [2.75, 3.05) is 19.6 Å². The molecule has 25 heavy (non-hydrogen) atoms. The van der Waals surface area contributed by atoms with E-state index in [1.54, 1.807) is 6.07 Å². The Morgan fingerprint density at radius 2 is 1.72 bits per heavy atom. The summed E-state index contributed by atoms with van der Waals surface area (Å²) in [5, 5.41) is 7.29. The molecule has 2 N–H and O–H groups in total. The van der Waals surface area contributed by atoms with E-state index in [1.165, 1.54) is 42.8 Å². The normalized spacial score (nSPS) is 14.4. The zero-order valence-electron chi connectivity index (χ0n) is 14.2. The fourth-order valence-electron chi connectivity index (χ4n) is 2.88. The molecule has 0 spiro atoms. The van der Waals surface area contributed by atoms with E-state index < -0.39 is 0 Å². The summed E-state index contributed by atoms with van der Waals surface area (Å²) in [6.07, 6.45) is 2.60. The van der Waals surface area contributed by atoms with Crippen molar-refractivity contribution in [1.82, 2.24) is 15.5 Å². The molecule has 0 aliphatic carbocycles. The molecule has 0 saturated carbocycles. The third-order valence-electron chi connectivity index (χ3n) is 4.27. The summed E-state index contributed by atoms with van der Waals surface area (Å²) < 4.78 is 0. The van der Waals surface area contributed by atoms with Crippen molar-refractivity contribution in [2.24, 2.45) is 0 Å². The summed E-state index contributed by atoms with van der Waals surface area (Å²) in [5.41, 5.74) is 2.36. The minimum Gasteiger partial charge on any atom is -0.350 e. The highest BCUT2D eigenvalue weighted by Gasteiger charge is 2.11. The molecule has 0 bridgehead atoms. The monoisotopic (exact) mass is 357 g/mol. The van der Waals surface area contributed by atoms with Crippen molar-refractivity contribution in [1.29, 1.82) is 0 Å². The summed E-state index contributed by atoms with van der Waals surface area (Å²) >= 11 is 1.36. The molecule has 0 unspecified atom stereocenters. The Morgan fingerprint density at radius 1 is 1.00 bits per heavy atom. The van der Waals surface area contributed by atoms with Gasteiger partial charge in [0, 0.05) is 13.1 Å². The lowest BCUT2D eigenvalue weighted by Gasteiger charge is -2.14. The Hall–Kier alpha value is -2.18. The summed E-state index contributed by atoms with van der Waals surface area (Å²) in [6.45, 7) is 3.84. The number of hydrogen-bond donors (Lipinski definition) is 2. The SMILES string of the molecule is O=C(CNC(=O)c1cccs1)NCc1ccc(CN2CCCC2)cc1. The van der Waals surface area contributed by atoms with Gasteiger partial charge in [0.1, 0.15) is 0 Å². The second kappa shape index (κ2) is 8.78. The van der Waals surface area contributed by atoms with Crippen LogP contribution in [0.4, 0.5) is 0 Å². The van der Waals surface area contributed by atoms with Gasteiger partial charge in [-0.05, 0) is 48.5 Å². The lowest BCUT2D eigenvalue weighted by atomic mass is 10.1. The maximum atomic E-state index is 11.9. The zero-order chi connectivity index (χ0) is 17.5. The lowest BCUT2D eigenvalue weighted by molar-refractivity contribution is -0.120. The van der Waals surface area contributed by atoms with Crippen LogP contribution in [0.2, 0.25) is 0 Å². The number of amides is 2. The topological polar surface area (TPSA) is 61.4 Å². The van der Waals surface area contributed by atoms with Crippen molar-refractivity contribution in [3.63, 3.8) is 0 Å². The smallest absolute Gasteiger partial charge is 0.261 e. The van der Waals surface area contributed by atoms with Crippen molar-refractivity contribution in [2.45, 2.75) is 25.9 Å². The van der Waals surface area contributed by atoms with E-state index in [9.17, 15) is 9.59 Å². The van der Waals surface area contributed by atoms with Gasteiger partial charge < -0.3 is 10.6 Å². The number of benzene rings is 1. The number of hydrogen-bond acceptors (Lipinski definition) is 4. The second-order valence-corrected chi connectivity index (χ2v) is 7.18. The van der Waals surface area contributed by atoms with Gasteiger partial charge in [0.2, 0.25) is 5.91 Å². The van der Waals surface area contributed by atoms with Crippen LogP contribution in [0, 0.1) is 0 Å². The van der Waals surface area contributed by atoms with Crippen LogP contribution < -0.4 is 10.6 Å². The Kier molecular flexibility index (Phi) is 6.19. The van der Waals surface area contributed by atoms with Gasteiger partial charge in [-0.25, -0.2) is 0 Å². The molecular formula is C19H23N3O2S. The Morgan fingerprint density at radius 3 is 2.40 bits per heavy atom. The van der Waals surface area contributed by atoms with E-state index in [1.807, 2.05) is 11.4 Å². The first-order chi connectivity index (χ1) is 12.2. The third kappa shape index (κ3) is 5.41. The summed E-state index contributed by atoms with van der Waals surface area (Å²) in [6, 6.07) is 11.9. The van der Waals surface area contributed by atoms with Crippen LogP contribution in [0.3, 0.4) is 0 Å². The first-order valence-electron chi connectivity index (χ1n) is 8.59. The molecule has 1 saturated heterocycles. The van der Waals surface area contributed by atoms with E-state index >= 15 is 0 Å². The van der Waals surface area contributed by atoms with Gasteiger partial charge in [-0.2, -0.15) is 0 Å². The molecule has 2 heterocycles. The van der Waals surface area contributed by atoms with E-state index in [4.69, 9.17) is 0 Å². The van der Waals surface area contributed by atoms with Gasteiger partial charge in [0.25, 0.3) is 5.91 Å². The van der Waals surface area contributed by atoms with E-state index in [-0.39, 0.29) is 18.4 Å². The fraction of sp³-hybridized carbons (Fsp3) is 0.368. The molecule has 0 radical (unpaired) electrons. The van der Waals surface area contributed by atoms with Crippen molar-refractivity contribution < 1.29 is 9.59 Å². The third-order valence-corrected chi connectivity index (χ3v) is 5.14. The first kappa shape index (κ1) is 17.6. The number of nitrogens with zero attached hydrogens (tertiary/aromatic N) is 1. The van der Waals surface area contributed by atoms with Gasteiger partial charge in [-0.1, -0.05) is 30.3 Å². The maximum Gasteiger partial charge on any atom is 0.261 e. The van der Waals surface area contributed by atoms with Crippen LogP contribution in [0.5, 0.6) is 0 Å². The number of carbonyl (C=O) groups excluding carboxylic acids is 2. The number of carbonyl (C=O) groups is 2. The standard InChI is InChI=1S/C19H23N3O2S/c23-18(13-21-19(24)17-4-3-11-25-17)20-12-15-5-7-16(8-6-15)14-22-9-1-2-10-22/h3-8,11H,1-2,9-10,12-14H2,(H,20,23)(H,21,24). The van der Waals surface area contributed by atoms with Crippen molar-refractivity contribution >= 4 is 23.2 Å². The van der Waals surface area contributed by atoms with Crippen LogP contribution >= 0.6 is 11.3 Å². The van der Waals surface area contributed by atoms with E-state index in [2.05, 4.69) is 39.8 Å². The van der Waals surface area contributed by atoms with Crippen LogP contribution in [0.15, 0.2) is 41.8 Å². The van der Waals surface area contributed by atoms with Crippen LogP contribution in [-0.2, 0) is 17.9 Å². The fourth-order valence-corrected chi connectivity index (χ4v) is 3.52. The molecule has 3 rings (SSSR count). The first-order valence-corrected chi connectivity index (χ1v) is 9.47. The number of rotatable bonds is 7. The lowest BCUT2D eigenvalue weighted by Crippen LogP contribution is -2.36. The Balaban J connectivity index is 1.38. The van der Waals surface area contributed by atoms with Gasteiger partial charge >= 0.3 is 0 Å². The van der Waals surface area contributed by atoms with Gasteiger partial charge in [0.05, 0.1) is 11.4 Å². The summed E-state index contributed by atoms with van der Waals surface area (Å²) in [7, 11) is 0. The molecule has 1 aliphatic heterocycles. The van der Waals surface area contributed by atoms with Crippen molar-refractivity contribution in [3.05, 3.63) is 57.8 Å². The summed E-state index contributed by atoms with van der Waals surface area (Å²) in [5.74, 6) is -0.400. The van der Waals surface area contributed by atoms with Crippen molar-refractivity contribution in [3.8, 4) is 0 Å². The predicted molar refractivity (Wildman–Crippen MR) is 99.5 cm³/mol. The highest BCUT2D eigenvalue weighted by atomic mass is 32.1. The highest BCUT2D eigenvalue weighted by molar-refractivity contribution is 7.12. The average Bonchev–Trinajstić information content (AvgIpc) is 3.33. The Labute approximate surface area is 152 Å². The molecule has 1 aromatic carbocycles. The number of nitrogens with one attached hydrogen (secondary N) is 2. The molecule has 2 amide bonds. The van der Waals surface area contributed by atoms with Gasteiger partial charge in [-0.15, -0.1) is 11.3 Å². The molecule has 2 aromatic rings. The van der Waals surface area contributed by atoms with Gasteiger partial charge in [0.15, 0.2) is 0 Å². The van der Waals surface area contributed by atoms with Crippen LogP contribution in [0.25, 0.3) is 0 Å². The van der Waals surface area contributed by atoms with Gasteiger partial charge in [-0.3, -0.25) is 14.5 Å². The molecule has 5 nitrogen and oxygen atoms in total. The minimum absolute atomic E-state index is 0.0101. The maximum absolute atomic E-state index is 11.9. The highest BCUT2D eigenvalue weighted by Crippen LogP contribution is 2.13. The quantitative estimate of drug-likeness (QED) is 0.800. The number of thiophene rings is 1. The minimum atomic E-state index is -0.212.